The van der Waals surface area contributed by atoms with Crippen LogP contribution in [0.15, 0.2) is 12.3 Å². The molecule has 2 rings (SSSR count). The molecule has 2 heterocycles. The summed E-state index contributed by atoms with van der Waals surface area (Å²) in [7, 11) is 1.69. The van der Waals surface area contributed by atoms with Crippen molar-refractivity contribution >= 4 is 11.8 Å². The number of fused-ring (bicyclic) bond motifs is 1. The van der Waals surface area contributed by atoms with Crippen LogP contribution >= 0.6 is 0 Å². The van der Waals surface area contributed by atoms with Gasteiger partial charge in [0.1, 0.15) is 17.8 Å². The van der Waals surface area contributed by atoms with Gasteiger partial charge in [-0.2, -0.15) is 0 Å². The first-order valence-electron chi connectivity index (χ1n) is 9.63. The Morgan fingerprint density at radius 1 is 1.48 bits per heavy atom. The molecule has 0 spiro atoms. The topological polar surface area (TPSA) is 103 Å². The molecule has 0 aromatic carbocycles. The van der Waals surface area contributed by atoms with E-state index >= 15 is 0 Å². The maximum Gasteiger partial charge on any atom is 0.259 e. The van der Waals surface area contributed by atoms with Crippen LogP contribution in [0.1, 0.15) is 43.6 Å². The molecule has 0 radical (unpaired) electrons. The highest BCUT2D eigenvalue weighted by Crippen LogP contribution is 2.27. The number of aromatic nitrogens is 1. The van der Waals surface area contributed by atoms with E-state index in [1.54, 1.807) is 36.8 Å². The first kappa shape index (κ1) is 22.7. The average molecular weight is 403 g/mol. The predicted molar refractivity (Wildman–Crippen MR) is 107 cm³/mol. The quantitative estimate of drug-likeness (QED) is 0.710. The molecule has 0 aliphatic carbocycles. The molecule has 29 heavy (non-hydrogen) atoms. The van der Waals surface area contributed by atoms with Gasteiger partial charge < -0.3 is 24.7 Å². The van der Waals surface area contributed by atoms with Crippen LogP contribution in [0.5, 0.6) is 5.88 Å². The van der Waals surface area contributed by atoms with Gasteiger partial charge in [0.15, 0.2) is 0 Å². The molecule has 2 N–H and O–H groups in total. The summed E-state index contributed by atoms with van der Waals surface area (Å²) in [5.41, 5.74) is 0.717. The van der Waals surface area contributed by atoms with Crippen molar-refractivity contribution < 1.29 is 24.5 Å². The van der Waals surface area contributed by atoms with Crippen molar-refractivity contribution in [3.8, 4) is 17.7 Å². The minimum atomic E-state index is -0.804. The third kappa shape index (κ3) is 5.68. The van der Waals surface area contributed by atoms with E-state index in [-0.39, 0.29) is 41.9 Å². The maximum atomic E-state index is 13.2. The normalized spacial score (nSPS) is 20.9. The van der Waals surface area contributed by atoms with Crippen LogP contribution < -0.4 is 4.74 Å². The Bertz CT molecular complexity index is 814. The average Bonchev–Trinajstić information content (AvgIpc) is 2.68. The molecule has 1 aromatic heterocycles. The molecular weight excluding hydrogens is 374 g/mol. The summed E-state index contributed by atoms with van der Waals surface area (Å²) in [6.07, 6.45) is 0.299. The molecule has 0 fully saturated rings. The highest BCUT2D eigenvalue weighted by atomic mass is 16.5. The van der Waals surface area contributed by atoms with E-state index < -0.39 is 12.1 Å². The summed E-state index contributed by atoms with van der Waals surface area (Å²) < 4.78 is 6.07. The zero-order chi connectivity index (χ0) is 21.7. The number of aliphatic hydroxyl groups is 2. The van der Waals surface area contributed by atoms with Crippen LogP contribution in [0, 0.1) is 17.8 Å². The lowest BCUT2D eigenvalue weighted by Crippen LogP contribution is -2.50. The van der Waals surface area contributed by atoms with Crippen LogP contribution in [0.2, 0.25) is 0 Å². The fraction of sp³-hybridized carbons (Fsp3) is 0.571. The first-order chi connectivity index (χ1) is 13.6. The molecule has 2 amide bonds. The van der Waals surface area contributed by atoms with Crippen LogP contribution in [0.4, 0.5) is 0 Å². The molecule has 4 atom stereocenters. The Morgan fingerprint density at radius 3 is 2.76 bits per heavy atom. The lowest BCUT2D eigenvalue weighted by atomic mass is 10.00. The van der Waals surface area contributed by atoms with Crippen molar-refractivity contribution in [2.75, 3.05) is 26.7 Å². The highest BCUT2D eigenvalue weighted by Gasteiger charge is 2.34. The third-order valence-corrected chi connectivity index (χ3v) is 4.94. The number of carbonyl (C=O) groups is 2. The summed E-state index contributed by atoms with van der Waals surface area (Å²) in [6.45, 7) is 7.27. The van der Waals surface area contributed by atoms with Gasteiger partial charge in [0, 0.05) is 38.2 Å². The van der Waals surface area contributed by atoms with Crippen molar-refractivity contribution in [2.45, 2.75) is 45.9 Å². The fourth-order valence-corrected chi connectivity index (χ4v) is 2.97. The van der Waals surface area contributed by atoms with E-state index in [2.05, 4.69) is 16.8 Å². The number of hydrogen-bond acceptors (Lipinski definition) is 6. The van der Waals surface area contributed by atoms with Gasteiger partial charge in [-0.15, -0.1) is 0 Å². The summed E-state index contributed by atoms with van der Waals surface area (Å²) in [4.78, 5) is 32.3. The van der Waals surface area contributed by atoms with Gasteiger partial charge in [0.25, 0.3) is 5.91 Å². The molecule has 0 saturated heterocycles. The SMILES string of the molecule is CC(=O)N(C)C[C@@H]1Oc2ncc(C#C[C@H](C)O)cc2C(=O)N([C@@H](C)CO)C[C@@H]1C. The Morgan fingerprint density at radius 2 is 2.17 bits per heavy atom. The molecule has 8 nitrogen and oxygen atoms in total. The molecule has 158 valence electrons. The van der Waals surface area contributed by atoms with Gasteiger partial charge in [-0.3, -0.25) is 9.59 Å². The van der Waals surface area contributed by atoms with E-state index in [4.69, 9.17) is 4.74 Å². The van der Waals surface area contributed by atoms with Gasteiger partial charge >= 0.3 is 0 Å². The number of likely N-dealkylation sites (N-methyl/N-ethyl adjacent to an activating group) is 1. The van der Waals surface area contributed by atoms with E-state index in [0.29, 0.717) is 18.7 Å². The van der Waals surface area contributed by atoms with E-state index in [9.17, 15) is 19.8 Å². The summed E-state index contributed by atoms with van der Waals surface area (Å²) in [5.74, 6) is 5.09. The minimum absolute atomic E-state index is 0.0866. The second kappa shape index (κ2) is 9.72. The van der Waals surface area contributed by atoms with E-state index in [1.807, 2.05) is 6.92 Å². The lowest BCUT2D eigenvalue weighted by Gasteiger charge is -2.37. The number of nitrogens with zero attached hydrogens (tertiary/aromatic N) is 3. The molecule has 1 aliphatic heterocycles. The largest absolute Gasteiger partial charge is 0.472 e. The second-order valence-corrected chi connectivity index (χ2v) is 7.54. The molecule has 0 unspecified atom stereocenters. The van der Waals surface area contributed by atoms with Gasteiger partial charge in [-0.1, -0.05) is 18.8 Å². The summed E-state index contributed by atoms with van der Waals surface area (Å²) >= 11 is 0. The number of ether oxygens (including phenoxy) is 1. The standard InChI is InChI=1S/C21H29N3O5/c1-13-10-24(14(2)12-25)21(28)18-8-17(7-6-15(3)26)9-22-20(18)29-19(13)11-23(5)16(4)27/h8-9,13-15,19,25-26H,10-12H2,1-5H3/t13-,14-,15-,19-/m0/s1. The second-order valence-electron chi connectivity index (χ2n) is 7.54. The smallest absolute Gasteiger partial charge is 0.259 e. The monoisotopic (exact) mass is 403 g/mol. The van der Waals surface area contributed by atoms with Crippen LogP contribution in [0.25, 0.3) is 0 Å². The van der Waals surface area contributed by atoms with Crippen molar-refractivity contribution in [2.24, 2.45) is 5.92 Å². The van der Waals surface area contributed by atoms with Gasteiger partial charge in [0.05, 0.1) is 19.2 Å². The van der Waals surface area contributed by atoms with Gasteiger partial charge in [-0.05, 0) is 19.9 Å². The number of rotatable bonds is 4. The summed E-state index contributed by atoms with van der Waals surface area (Å²) in [5, 5.41) is 19.0. The number of pyridine rings is 1. The first-order valence-corrected chi connectivity index (χ1v) is 9.63. The van der Waals surface area contributed by atoms with Crippen molar-refractivity contribution in [3.63, 3.8) is 0 Å². The highest BCUT2D eigenvalue weighted by molar-refractivity contribution is 5.97. The van der Waals surface area contributed by atoms with E-state index in [0.717, 1.165) is 0 Å². The Hall–Kier alpha value is -2.63. The molecule has 0 saturated carbocycles. The van der Waals surface area contributed by atoms with Crippen LogP contribution in [0.3, 0.4) is 0 Å². The van der Waals surface area contributed by atoms with Crippen LogP contribution in [-0.2, 0) is 4.79 Å². The predicted octanol–water partition coefficient (Wildman–Crippen LogP) is 0.512. The van der Waals surface area contributed by atoms with Crippen molar-refractivity contribution in [1.29, 1.82) is 0 Å². The van der Waals surface area contributed by atoms with Crippen LogP contribution in [-0.4, -0.2) is 81.8 Å². The Kier molecular flexibility index (Phi) is 7.59. The maximum absolute atomic E-state index is 13.2. The Balaban J connectivity index is 2.49. The fourth-order valence-electron chi connectivity index (χ4n) is 2.97. The van der Waals surface area contributed by atoms with Gasteiger partial charge in [-0.25, -0.2) is 4.98 Å². The minimum Gasteiger partial charge on any atom is -0.472 e. The zero-order valence-corrected chi connectivity index (χ0v) is 17.5. The molecule has 0 bridgehead atoms. The molecule has 8 heteroatoms. The Labute approximate surface area is 171 Å². The molecule has 1 aliphatic rings. The number of amides is 2. The zero-order valence-electron chi connectivity index (χ0n) is 17.5. The van der Waals surface area contributed by atoms with Crippen molar-refractivity contribution in [1.82, 2.24) is 14.8 Å². The number of hydrogen-bond donors (Lipinski definition) is 2. The summed E-state index contributed by atoms with van der Waals surface area (Å²) in [6, 6.07) is 1.19. The van der Waals surface area contributed by atoms with Gasteiger partial charge in [0.2, 0.25) is 11.8 Å². The van der Waals surface area contributed by atoms with Crippen molar-refractivity contribution in [3.05, 3.63) is 23.4 Å². The van der Waals surface area contributed by atoms with E-state index in [1.165, 1.54) is 13.1 Å². The lowest BCUT2D eigenvalue weighted by molar-refractivity contribution is -0.129. The third-order valence-electron chi connectivity index (χ3n) is 4.94. The molecular formula is C21H29N3O5. The molecule has 1 aromatic rings. The number of aliphatic hydroxyl groups excluding tert-OH is 2. The number of carbonyl (C=O) groups excluding carboxylic acids is 2.